The van der Waals surface area contributed by atoms with E-state index < -0.39 is 0 Å². The van der Waals surface area contributed by atoms with Crippen LogP contribution < -0.4 is 15.4 Å². The van der Waals surface area contributed by atoms with Crippen molar-refractivity contribution in [3.63, 3.8) is 0 Å². The topological polar surface area (TPSA) is 76.7 Å². The van der Waals surface area contributed by atoms with Crippen molar-refractivity contribution in [2.24, 2.45) is 0 Å². The van der Waals surface area contributed by atoms with E-state index in [2.05, 4.69) is 17.6 Å². The highest BCUT2D eigenvalue weighted by Gasteiger charge is 2.13. The summed E-state index contributed by atoms with van der Waals surface area (Å²) in [6.07, 6.45) is 1.95. The van der Waals surface area contributed by atoms with E-state index in [4.69, 9.17) is 9.47 Å². The zero-order valence-electron chi connectivity index (χ0n) is 15.8. The Balaban J connectivity index is 2.06. The number of amides is 2. The first kappa shape index (κ1) is 20.5. The van der Waals surface area contributed by atoms with Crippen LogP contribution >= 0.6 is 0 Å². The van der Waals surface area contributed by atoms with E-state index >= 15 is 0 Å². The Morgan fingerprint density at radius 1 is 1.00 bits per heavy atom. The third-order valence-corrected chi connectivity index (χ3v) is 3.88. The van der Waals surface area contributed by atoms with Gasteiger partial charge in [-0.15, -0.1) is 0 Å². The fraction of sp³-hybridized carbons (Fsp3) is 0.333. The van der Waals surface area contributed by atoms with Crippen LogP contribution in [-0.4, -0.2) is 38.7 Å². The summed E-state index contributed by atoms with van der Waals surface area (Å²) in [5.41, 5.74) is 1.48. The third-order valence-electron chi connectivity index (χ3n) is 3.88. The molecule has 0 aromatic heterocycles. The lowest BCUT2D eigenvalue weighted by molar-refractivity contribution is 0.0951. The van der Waals surface area contributed by atoms with Crippen molar-refractivity contribution in [3.8, 4) is 5.75 Å². The molecule has 2 rings (SSSR count). The van der Waals surface area contributed by atoms with Crippen LogP contribution in [0.5, 0.6) is 5.75 Å². The molecule has 27 heavy (non-hydrogen) atoms. The average Bonchev–Trinajstić information content (AvgIpc) is 2.69. The van der Waals surface area contributed by atoms with Crippen LogP contribution in [0, 0.1) is 0 Å². The second-order valence-electron chi connectivity index (χ2n) is 5.98. The second kappa shape index (κ2) is 11.0. The molecule has 144 valence electrons. The van der Waals surface area contributed by atoms with Gasteiger partial charge in [-0.3, -0.25) is 9.59 Å². The van der Waals surface area contributed by atoms with Crippen LogP contribution in [0.4, 0.5) is 5.69 Å². The van der Waals surface area contributed by atoms with Gasteiger partial charge < -0.3 is 20.1 Å². The molecule has 6 nitrogen and oxygen atoms in total. The molecule has 6 heteroatoms. The predicted molar refractivity (Wildman–Crippen MR) is 105 cm³/mol. The number of hydrogen-bond donors (Lipinski definition) is 2. The fourth-order valence-electron chi connectivity index (χ4n) is 2.43. The predicted octanol–water partition coefficient (Wildman–Crippen LogP) is 3.49. The molecule has 0 aliphatic carbocycles. The van der Waals surface area contributed by atoms with Crippen molar-refractivity contribution in [3.05, 3.63) is 59.7 Å². The Hall–Kier alpha value is -2.86. The van der Waals surface area contributed by atoms with Crippen molar-refractivity contribution in [2.45, 2.75) is 19.8 Å². The van der Waals surface area contributed by atoms with Crippen molar-refractivity contribution in [2.75, 3.05) is 32.2 Å². The highest BCUT2D eigenvalue weighted by Crippen LogP contribution is 2.20. The normalized spacial score (nSPS) is 10.3. The molecule has 2 aromatic rings. The summed E-state index contributed by atoms with van der Waals surface area (Å²) in [4.78, 5) is 24.8. The van der Waals surface area contributed by atoms with E-state index in [0.29, 0.717) is 42.3 Å². The Morgan fingerprint density at radius 2 is 1.81 bits per heavy atom. The van der Waals surface area contributed by atoms with Gasteiger partial charge in [0.2, 0.25) is 0 Å². The largest absolute Gasteiger partial charge is 0.490 e. The second-order valence-corrected chi connectivity index (χ2v) is 5.98. The molecule has 0 heterocycles. The summed E-state index contributed by atoms with van der Waals surface area (Å²) in [5, 5.41) is 5.69. The van der Waals surface area contributed by atoms with Gasteiger partial charge in [0.1, 0.15) is 12.4 Å². The SMILES string of the molecule is CCCCNC(=O)c1cccc(NC(=O)c2ccccc2OCCOC)c1. The van der Waals surface area contributed by atoms with Crippen molar-refractivity contribution < 1.29 is 19.1 Å². The van der Waals surface area contributed by atoms with Crippen molar-refractivity contribution in [1.29, 1.82) is 0 Å². The summed E-state index contributed by atoms with van der Waals surface area (Å²) in [6.45, 7) is 3.50. The molecule has 0 spiro atoms. The molecule has 0 saturated heterocycles. The number of rotatable bonds is 10. The molecule has 0 aliphatic rings. The van der Waals surface area contributed by atoms with E-state index in [1.54, 1.807) is 55.6 Å². The number of ether oxygens (including phenoxy) is 2. The summed E-state index contributed by atoms with van der Waals surface area (Å²) in [7, 11) is 1.59. The van der Waals surface area contributed by atoms with E-state index in [9.17, 15) is 9.59 Å². The summed E-state index contributed by atoms with van der Waals surface area (Å²) >= 11 is 0. The minimum absolute atomic E-state index is 0.150. The van der Waals surface area contributed by atoms with Gasteiger partial charge in [0.05, 0.1) is 12.2 Å². The number of methoxy groups -OCH3 is 1. The smallest absolute Gasteiger partial charge is 0.259 e. The van der Waals surface area contributed by atoms with Gasteiger partial charge in [-0.2, -0.15) is 0 Å². The van der Waals surface area contributed by atoms with Gasteiger partial charge in [0.15, 0.2) is 0 Å². The Kier molecular flexibility index (Phi) is 8.32. The maximum atomic E-state index is 12.6. The molecule has 0 radical (unpaired) electrons. The maximum Gasteiger partial charge on any atom is 0.259 e. The first-order valence-electron chi connectivity index (χ1n) is 9.06. The van der Waals surface area contributed by atoms with Gasteiger partial charge in [0, 0.05) is 24.9 Å². The van der Waals surface area contributed by atoms with Crippen LogP contribution in [0.3, 0.4) is 0 Å². The Labute approximate surface area is 159 Å². The van der Waals surface area contributed by atoms with Crippen LogP contribution in [0.15, 0.2) is 48.5 Å². The lowest BCUT2D eigenvalue weighted by atomic mass is 10.1. The highest BCUT2D eigenvalue weighted by atomic mass is 16.5. The van der Waals surface area contributed by atoms with Gasteiger partial charge in [0.25, 0.3) is 11.8 Å². The van der Waals surface area contributed by atoms with E-state index in [-0.39, 0.29) is 11.8 Å². The molecule has 0 aliphatic heterocycles. The molecule has 0 atom stereocenters. The van der Waals surface area contributed by atoms with E-state index in [1.165, 1.54) is 0 Å². The number of para-hydroxylation sites is 1. The molecular formula is C21H26N2O4. The minimum atomic E-state index is -0.299. The molecule has 2 N–H and O–H groups in total. The number of anilines is 1. The van der Waals surface area contributed by atoms with Crippen molar-refractivity contribution in [1.82, 2.24) is 5.32 Å². The van der Waals surface area contributed by atoms with Crippen molar-refractivity contribution >= 4 is 17.5 Å². The summed E-state index contributed by atoms with van der Waals surface area (Å²) in [5.74, 6) is 0.0370. The molecular weight excluding hydrogens is 344 g/mol. The molecule has 2 amide bonds. The number of carbonyl (C=O) groups excluding carboxylic acids is 2. The highest BCUT2D eigenvalue weighted by molar-refractivity contribution is 6.06. The first-order chi connectivity index (χ1) is 13.2. The summed E-state index contributed by atoms with van der Waals surface area (Å²) < 4.78 is 10.6. The van der Waals surface area contributed by atoms with Gasteiger partial charge in [-0.05, 0) is 36.8 Å². The van der Waals surface area contributed by atoms with Gasteiger partial charge >= 0.3 is 0 Å². The zero-order valence-corrected chi connectivity index (χ0v) is 15.8. The Morgan fingerprint density at radius 3 is 2.59 bits per heavy atom. The molecule has 0 saturated carbocycles. The van der Waals surface area contributed by atoms with Crippen LogP contribution in [0.2, 0.25) is 0 Å². The van der Waals surface area contributed by atoms with Crippen LogP contribution in [-0.2, 0) is 4.74 Å². The molecule has 0 bridgehead atoms. The standard InChI is InChI=1S/C21H26N2O4/c1-3-4-12-22-20(24)16-8-7-9-17(15-16)23-21(25)18-10-5-6-11-19(18)27-14-13-26-2/h5-11,15H,3-4,12-14H2,1-2H3,(H,22,24)(H,23,25). The quantitative estimate of drug-likeness (QED) is 0.628. The third kappa shape index (κ3) is 6.42. The van der Waals surface area contributed by atoms with E-state index in [0.717, 1.165) is 12.8 Å². The molecule has 0 fully saturated rings. The van der Waals surface area contributed by atoms with Crippen LogP contribution in [0.25, 0.3) is 0 Å². The lowest BCUT2D eigenvalue weighted by Crippen LogP contribution is -2.24. The molecule has 0 unspecified atom stereocenters. The molecule has 2 aromatic carbocycles. The fourth-order valence-corrected chi connectivity index (χ4v) is 2.43. The zero-order chi connectivity index (χ0) is 19.5. The Bertz CT molecular complexity index is 761. The summed E-state index contributed by atoms with van der Waals surface area (Å²) in [6, 6.07) is 13.9. The number of carbonyl (C=O) groups is 2. The van der Waals surface area contributed by atoms with Gasteiger partial charge in [-0.25, -0.2) is 0 Å². The lowest BCUT2D eigenvalue weighted by Gasteiger charge is -2.12. The monoisotopic (exact) mass is 370 g/mol. The number of benzene rings is 2. The van der Waals surface area contributed by atoms with Crippen LogP contribution in [0.1, 0.15) is 40.5 Å². The number of unbranched alkanes of at least 4 members (excludes halogenated alkanes) is 1. The minimum Gasteiger partial charge on any atom is -0.490 e. The van der Waals surface area contributed by atoms with E-state index in [1.807, 2.05) is 0 Å². The number of hydrogen-bond acceptors (Lipinski definition) is 4. The van der Waals surface area contributed by atoms with Gasteiger partial charge in [-0.1, -0.05) is 31.5 Å². The first-order valence-corrected chi connectivity index (χ1v) is 9.06. The average molecular weight is 370 g/mol. The number of nitrogens with one attached hydrogen (secondary N) is 2. The maximum absolute atomic E-state index is 12.6.